The van der Waals surface area contributed by atoms with Gasteiger partial charge in [-0.25, -0.2) is 0 Å². The van der Waals surface area contributed by atoms with E-state index in [1.807, 2.05) is 6.92 Å². The third kappa shape index (κ3) is 2.08. The molecule has 1 aliphatic rings. The van der Waals surface area contributed by atoms with Crippen molar-refractivity contribution in [2.24, 2.45) is 11.3 Å². The Bertz CT molecular complexity index is 195. The Balaban J connectivity index is 2.74. The lowest BCUT2D eigenvalue weighted by molar-refractivity contribution is -0.675. The summed E-state index contributed by atoms with van der Waals surface area (Å²) in [5.41, 5.74) is -0.228. The first kappa shape index (κ1) is 11.5. The molecule has 1 saturated heterocycles. The smallest absolute Gasteiger partial charge is 0.318 e. The van der Waals surface area contributed by atoms with Crippen LogP contribution in [0.4, 0.5) is 0 Å². The largest absolute Gasteiger partial charge is 0.465 e. The zero-order chi connectivity index (χ0) is 10.6. The van der Waals surface area contributed by atoms with Crippen molar-refractivity contribution in [2.75, 3.05) is 19.7 Å². The summed E-state index contributed by atoms with van der Waals surface area (Å²) in [5, 5.41) is 2.24. The van der Waals surface area contributed by atoms with E-state index in [4.69, 9.17) is 4.74 Å². The lowest BCUT2D eigenvalue weighted by atomic mass is 9.72. The molecule has 0 radical (unpaired) electrons. The van der Waals surface area contributed by atoms with E-state index in [1.54, 1.807) is 0 Å². The van der Waals surface area contributed by atoms with Crippen molar-refractivity contribution in [1.82, 2.24) is 0 Å². The summed E-state index contributed by atoms with van der Waals surface area (Å²) < 4.78 is 5.19. The number of nitrogens with two attached hydrogens (primary N) is 1. The summed E-state index contributed by atoms with van der Waals surface area (Å²) in [6.45, 7) is 8.65. The normalized spacial score (nSPS) is 27.7. The fourth-order valence-electron chi connectivity index (χ4n) is 2.24. The number of hydrogen-bond acceptors (Lipinski definition) is 2. The summed E-state index contributed by atoms with van der Waals surface area (Å²) in [6, 6.07) is 0. The predicted octanol–water partition coefficient (Wildman–Crippen LogP) is 0.549. The molecule has 1 fully saturated rings. The molecule has 1 rings (SSSR count). The van der Waals surface area contributed by atoms with Gasteiger partial charge in [0.05, 0.1) is 19.7 Å². The van der Waals surface area contributed by atoms with Crippen LogP contribution in [0.25, 0.3) is 0 Å². The van der Waals surface area contributed by atoms with Gasteiger partial charge in [0.2, 0.25) is 0 Å². The number of quaternary nitrogens is 1. The molecule has 2 N–H and O–H groups in total. The van der Waals surface area contributed by atoms with E-state index in [-0.39, 0.29) is 11.4 Å². The molecule has 0 aromatic heterocycles. The number of carbonyl (C=O) groups is 1. The molecule has 0 saturated carbocycles. The molecule has 1 atom stereocenters. The number of hydrogen-bond donors (Lipinski definition) is 1. The first-order valence-electron chi connectivity index (χ1n) is 5.62. The average molecular weight is 200 g/mol. The monoisotopic (exact) mass is 200 g/mol. The molecule has 1 aliphatic heterocycles. The van der Waals surface area contributed by atoms with Crippen LogP contribution in [0.5, 0.6) is 0 Å². The molecule has 1 unspecified atom stereocenters. The summed E-state index contributed by atoms with van der Waals surface area (Å²) in [4.78, 5) is 11.9. The standard InChI is InChI=1S/C11H21NO2/c1-4-14-10(13)11(9(2)3)6-5-7-12-8-11/h9,12H,4-8H2,1-3H3/p+1. The molecule has 0 spiro atoms. The highest BCUT2D eigenvalue weighted by atomic mass is 16.5. The zero-order valence-corrected chi connectivity index (χ0v) is 9.51. The number of ether oxygens (including phenoxy) is 1. The number of esters is 1. The van der Waals surface area contributed by atoms with Crippen LogP contribution >= 0.6 is 0 Å². The van der Waals surface area contributed by atoms with Crippen molar-refractivity contribution >= 4 is 5.97 Å². The van der Waals surface area contributed by atoms with Crippen molar-refractivity contribution in [3.8, 4) is 0 Å². The second-order valence-corrected chi connectivity index (χ2v) is 4.42. The van der Waals surface area contributed by atoms with E-state index in [2.05, 4.69) is 19.2 Å². The minimum absolute atomic E-state index is 0.00551. The molecule has 0 aromatic carbocycles. The zero-order valence-electron chi connectivity index (χ0n) is 9.51. The Morgan fingerprint density at radius 1 is 1.57 bits per heavy atom. The quantitative estimate of drug-likeness (QED) is 0.676. The predicted molar refractivity (Wildman–Crippen MR) is 54.8 cm³/mol. The summed E-state index contributed by atoms with van der Waals surface area (Å²) >= 11 is 0. The van der Waals surface area contributed by atoms with Gasteiger partial charge in [0, 0.05) is 0 Å². The van der Waals surface area contributed by atoms with Gasteiger partial charge in [0.25, 0.3) is 0 Å². The Kier molecular flexibility index (Phi) is 3.93. The molecule has 14 heavy (non-hydrogen) atoms. The van der Waals surface area contributed by atoms with Crippen molar-refractivity contribution < 1.29 is 14.8 Å². The Hall–Kier alpha value is -0.570. The lowest BCUT2D eigenvalue weighted by Gasteiger charge is -2.36. The SMILES string of the molecule is CCOC(=O)C1(C(C)C)CCC[NH2+]C1. The van der Waals surface area contributed by atoms with Crippen LogP contribution in [-0.2, 0) is 9.53 Å². The molecule has 3 nitrogen and oxygen atoms in total. The van der Waals surface area contributed by atoms with Gasteiger partial charge >= 0.3 is 5.97 Å². The van der Waals surface area contributed by atoms with E-state index in [0.29, 0.717) is 12.5 Å². The van der Waals surface area contributed by atoms with Gasteiger partial charge in [-0.1, -0.05) is 13.8 Å². The van der Waals surface area contributed by atoms with Gasteiger partial charge in [-0.3, -0.25) is 4.79 Å². The highest BCUT2D eigenvalue weighted by Gasteiger charge is 2.46. The van der Waals surface area contributed by atoms with Crippen molar-refractivity contribution in [2.45, 2.75) is 33.6 Å². The van der Waals surface area contributed by atoms with Gasteiger partial charge in [-0.05, 0) is 25.7 Å². The lowest BCUT2D eigenvalue weighted by Crippen LogP contribution is -2.90. The minimum atomic E-state index is -0.228. The van der Waals surface area contributed by atoms with E-state index in [0.717, 1.165) is 25.9 Å². The fraction of sp³-hybridized carbons (Fsp3) is 0.909. The van der Waals surface area contributed by atoms with Gasteiger partial charge in [0.15, 0.2) is 0 Å². The molecule has 3 heteroatoms. The topological polar surface area (TPSA) is 42.9 Å². The molecule has 0 bridgehead atoms. The van der Waals surface area contributed by atoms with Crippen molar-refractivity contribution in [1.29, 1.82) is 0 Å². The third-order valence-electron chi connectivity index (χ3n) is 3.33. The van der Waals surface area contributed by atoms with Crippen LogP contribution in [0.1, 0.15) is 33.6 Å². The van der Waals surface area contributed by atoms with Crippen LogP contribution < -0.4 is 5.32 Å². The minimum Gasteiger partial charge on any atom is -0.465 e. The maximum absolute atomic E-state index is 11.9. The molecular weight excluding hydrogens is 178 g/mol. The average Bonchev–Trinajstić information content (AvgIpc) is 2.19. The molecule has 0 amide bonds. The highest BCUT2D eigenvalue weighted by Crippen LogP contribution is 2.34. The molecule has 82 valence electrons. The molecule has 0 aliphatic carbocycles. The number of piperidine rings is 1. The Morgan fingerprint density at radius 3 is 2.71 bits per heavy atom. The first-order chi connectivity index (χ1) is 6.63. The van der Waals surface area contributed by atoms with Gasteiger partial charge in [0.1, 0.15) is 5.41 Å². The number of carbonyl (C=O) groups excluding carboxylic acids is 1. The van der Waals surface area contributed by atoms with Crippen LogP contribution in [-0.4, -0.2) is 25.7 Å². The fourth-order valence-corrected chi connectivity index (χ4v) is 2.24. The van der Waals surface area contributed by atoms with E-state index in [1.165, 1.54) is 0 Å². The molecule has 0 aromatic rings. The van der Waals surface area contributed by atoms with Crippen LogP contribution in [0.15, 0.2) is 0 Å². The molecular formula is C11H22NO2+. The summed E-state index contributed by atoms with van der Waals surface area (Å²) in [5.74, 6) is 0.379. The summed E-state index contributed by atoms with van der Waals surface area (Å²) in [7, 11) is 0. The van der Waals surface area contributed by atoms with Crippen LogP contribution in [0, 0.1) is 11.3 Å². The van der Waals surface area contributed by atoms with E-state index >= 15 is 0 Å². The van der Waals surface area contributed by atoms with E-state index < -0.39 is 0 Å². The maximum Gasteiger partial charge on any atom is 0.318 e. The van der Waals surface area contributed by atoms with Gasteiger partial charge in [-0.2, -0.15) is 0 Å². The van der Waals surface area contributed by atoms with Gasteiger partial charge in [-0.15, -0.1) is 0 Å². The van der Waals surface area contributed by atoms with Crippen molar-refractivity contribution in [3.63, 3.8) is 0 Å². The van der Waals surface area contributed by atoms with Crippen LogP contribution in [0.3, 0.4) is 0 Å². The highest BCUT2D eigenvalue weighted by molar-refractivity contribution is 5.77. The van der Waals surface area contributed by atoms with Crippen LogP contribution in [0.2, 0.25) is 0 Å². The maximum atomic E-state index is 11.9. The van der Waals surface area contributed by atoms with E-state index in [9.17, 15) is 4.79 Å². The third-order valence-corrected chi connectivity index (χ3v) is 3.33. The Morgan fingerprint density at radius 2 is 2.29 bits per heavy atom. The Labute approximate surface area is 86.2 Å². The summed E-state index contributed by atoms with van der Waals surface area (Å²) in [6.07, 6.45) is 2.11. The second-order valence-electron chi connectivity index (χ2n) is 4.42. The van der Waals surface area contributed by atoms with Gasteiger partial charge < -0.3 is 10.1 Å². The molecule has 1 heterocycles. The van der Waals surface area contributed by atoms with Crippen molar-refractivity contribution in [3.05, 3.63) is 0 Å². The number of rotatable bonds is 3. The first-order valence-corrected chi connectivity index (χ1v) is 5.62. The second kappa shape index (κ2) is 4.78.